The smallest absolute Gasteiger partial charge is 0.233 e. The van der Waals surface area contributed by atoms with E-state index in [4.69, 9.17) is 0 Å². The van der Waals surface area contributed by atoms with Crippen LogP contribution in [-0.4, -0.2) is 50.8 Å². The van der Waals surface area contributed by atoms with Gasteiger partial charge < -0.3 is 5.21 Å². The number of hydrogen-bond acceptors (Lipinski definition) is 4. The van der Waals surface area contributed by atoms with Crippen molar-refractivity contribution in [2.24, 2.45) is 0 Å². The van der Waals surface area contributed by atoms with E-state index in [1.807, 2.05) is 6.08 Å². The highest BCUT2D eigenvalue weighted by atomic mass is 19.1. The third-order valence-corrected chi connectivity index (χ3v) is 2.79. The van der Waals surface area contributed by atoms with E-state index in [0.717, 1.165) is 12.2 Å². The van der Waals surface area contributed by atoms with Crippen molar-refractivity contribution in [3.8, 4) is 0 Å². The fourth-order valence-corrected chi connectivity index (χ4v) is 2.09. The van der Waals surface area contributed by atoms with E-state index in [-0.39, 0.29) is 6.04 Å². The third-order valence-electron chi connectivity index (χ3n) is 2.79. The van der Waals surface area contributed by atoms with Gasteiger partial charge in [0.15, 0.2) is 0 Å². The molecule has 1 aromatic heterocycles. The Bertz CT molecular complexity index is 416. The van der Waals surface area contributed by atoms with Crippen LogP contribution in [0.4, 0.5) is 4.39 Å². The molecule has 1 saturated heterocycles. The molecule has 2 unspecified atom stereocenters. The Morgan fingerprint density at radius 1 is 1.53 bits per heavy atom. The largest absolute Gasteiger partial charge is 0.312 e. The number of hydrogen-bond donors (Lipinski definition) is 1. The van der Waals surface area contributed by atoms with Gasteiger partial charge in [0.2, 0.25) is 5.95 Å². The molecule has 1 N–H and O–H groups in total. The monoisotopic (exact) mass is 210 g/mol. The van der Waals surface area contributed by atoms with Gasteiger partial charge in [-0.2, -0.15) is 9.45 Å². The van der Waals surface area contributed by atoms with Crippen LogP contribution in [0.3, 0.4) is 0 Å². The lowest BCUT2D eigenvalue weighted by atomic mass is 10.2. The molecule has 0 radical (unpaired) electrons. The summed E-state index contributed by atoms with van der Waals surface area (Å²) in [6.07, 6.45) is 3.52. The molecule has 0 aromatic carbocycles. The maximum atomic E-state index is 12.7. The quantitative estimate of drug-likeness (QED) is 0.719. The zero-order valence-corrected chi connectivity index (χ0v) is 8.04. The number of rotatable bonds is 1. The van der Waals surface area contributed by atoms with Crippen LogP contribution in [0.2, 0.25) is 0 Å². The molecule has 0 saturated carbocycles. The van der Waals surface area contributed by atoms with Gasteiger partial charge >= 0.3 is 0 Å². The van der Waals surface area contributed by atoms with Crippen LogP contribution < -0.4 is 0 Å². The SMILES string of the molecule is ON1CN2CC(n3ccc(F)n3)=CC1C2. The van der Waals surface area contributed by atoms with Gasteiger partial charge in [-0.25, -0.2) is 4.68 Å². The topological polar surface area (TPSA) is 44.5 Å². The minimum atomic E-state index is -0.482. The van der Waals surface area contributed by atoms with E-state index in [0.29, 0.717) is 13.2 Å². The Morgan fingerprint density at radius 3 is 3.07 bits per heavy atom. The molecule has 3 rings (SSSR count). The van der Waals surface area contributed by atoms with Crippen molar-refractivity contribution in [3.05, 3.63) is 24.3 Å². The molecule has 3 heterocycles. The number of aromatic nitrogens is 2. The van der Waals surface area contributed by atoms with Crippen LogP contribution in [0.5, 0.6) is 0 Å². The molecule has 2 bridgehead atoms. The minimum Gasteiger partial charge on any atom is -0.312 e. The second-order valence-corrected chi connectivity index (χ2v) is 3.90. The Kier molecular flexibility index (Phi) is 1.88. The maximum Gasteiger partial charge on any atom is 0.233 e. The molecule has 2 aliphatic heterocycles. The molecule has 5 nitrogen and oxygen atoms in total. The number of hydroxylamine groups is 2. The predicted octanol–water partition coefficient (Wildman–Crippen LogP) is 0.210. The average molecular weight is 210 g/mol. The van der Waals surface area contributed by atoms with E-state index < -0.39 is 5.95 Å². The van der Waals surface area contributed by atoms with E-state index in [1.165, 1.54) is 15.8 Å². The highest BCUT2D eigenvalue weighted by Gasteiger charge is 2.33. The molecule has 0 amide bonds. The van der Waals surface area contributed by atoms with Crippen molar-refractivity contribution < 1.29 is 9.60 Å². The van der Waals surface area contributed by atoms with Gasteiger partial charge in [0.1, 0.15) is 0 Å². The van der Waals surface area contributed by atoms with Crippen LogP contribution in [0, 0.1) is 5.95 Å². The molecule has 2 aliphatic rings. The Hall–Kier alpha value is -1.24. The summed E-state index contributed by atoms with van der Waals surface area (Å²) >= 11 is 0. The first-order valence-corrected chi connectivity index (χ1v) is 4.82. The van der Waals surface area contributed by atoms with Crippen LogP contribution in [0.25, 0.3) is 5.70 Å². The van der Waals surface area contributed by atoms with Gasteiger partial charge in [0.25, 0.3) is 0 Å². The Balaban J connectivity index is 1.92. The zero-order chi connectivity index (χ0) is 10.4. The summed E-state index contributed by atoms with van der Waals surface area (Å²) in [6, 6.07) is 1.32. The molecular formula is C9H11FN4O. The van der Waals surface area contributed by atoms with Crippen LogP contribution in [0.15, 0.2) is 18.3 Å². The highest BCUT2D eigenvalue weighted by Crippen LogP contribution is 2.22. The molecule has 6 heteroatoms. The van der Waals surface area contributed by atoms with Crippen molar-refractivity contribution in [1.82, 2.24) is 19.7 Å². The van der Waals surface area contributed by atoms with Gasteiger partial charge in [0.05, 0.1) is 18.4 Å². The van der Waals surface area contributed by atoms with Crippen molar-refractivity contribution >= 4 is 5.70 Å². The molecule has 1 fully saturated rings. The first kappa shape index (κ1) is 9.02. The molecular weight excluding hydrogens is 199 g/mol. The highest BCUT2D eigenvalue weighted by molar-refractivity contribution is 5.49. The van der Waals surface area contributed by atoms with E-state index in [1.54, 1.807) is 6.20 Å². The van der Waals surface area contributed by atoms with Gasteiger partial charge in [-0.15, -0.1) is 5.10 Å². The van der Waals surface area contributed by atoms with E-state index >= 15 is 0 Å². The lowest BCUT2D eigenvalue weighted by Gasteiger charge is -2.20. The minimum absolute atomic E-state index is 0.000936. The van der Waals surface area contributed by atoms with Crippen molar-refractivity contribution in [2.75, 3.05) is 19.8 Å². The third kappa shape index (κ3) is 1.46. The zero-order valence-electron chi connectivity index (χ0n) is 8.04. The number of nitrogens with zero attached hydrogens (tertiary/aromatic N) is 4. The van der Waals surface area contributed by atoms with Gasteiger partial charge in [-0.3, -0.25) is 4.90 Å². The Labute approximate surface area is 86.0 Å². The standard InChI is InChI=1S/C9H11FN4O/c10-9-1-2-13(11-9)7-3-8-5-12(4-7)6-14(8)15/h1-3,8,15H,4-6H2. The van der Waals surface area contributed by atoms with E-state index in [2.05, 4.69) is 10.00 Å². The summed E-state index contributed by atoms with van der Waals surface area (Å²) in [5.74, 6) is -0.482. The molecule has 15 heavy (non-hydrogen) atoms. The van der Waals surface area contributed by atoms with Crippen molar-refractivity contribution in [2.45, 2.75) is 6.04 Å². The first-order chi connectivity index (χ1) is 7.22. The summed E-state index contributed by atoms with van der Waals surface area (Å²) in [7, 11) is 0. The molecule has 0 aliphatic carbocycles. The van der Waals surface area contributed by atoms with Crippen LogP contribution in [0.1, 0.15) is 0 Å². The molecule has 2 atom stereocenters. The van der Waals surface area contributed by atoms with Gasteiger partial charge in [-0.05, 0) is 6.08 Å². The van der Waals surface area contributed by atoms with Gasteiger partial charge in [0, 0.05) is 25.4 Å². The summed E-state index contributed by atoms with van der Waals surface area (Å²) in [5, 5.41) is 14.5. The van der Waals surface area contributed by atoms with E-state index in [9.17, 15) is 9.60 Å². The lowest BCUT2D eigenvalue weighted by molar-refractivity contribution is -0.0961. The molecule has 80 valence electrons. The Morgan fingerprint density at radius 2 is 2.40 bits per heavy atom. The second-order valence-electron chi connectivity index (χ2n) is 3.90. The predicted molar refractivity (Wildman–Crippen MR) is 50.3 cm³/mol. The summed E-state index contributed by atoms with van der Waals surface area (Å²) in [5.41, 5.74) is 0.909. The summed E-state index contributed by atoms with van der Waals surface area (Å²) in [6.45, 7) is 2.05. The lowest BCUT2D eigenvalue weighted by Crippen LogP contribution is -2.30. The summed E-state index contributed by atoms with van der Waals surface area (Å²) < 4.78 is 14.3. The fraction of sp³-hybridized carbons (Fsp3) is 0.444. The fourth-order valence-electron chi connectivity index (χ4n) is 2.09. The molecule has 0 spiro atoms. The van der Waals surface area contributed by atoms with Gasteiger partial charge in [-0.1, -0.05) is 0 Å². The van der Waals surface area contributed by atoms with Crippen LogP contribution >= 0.6 is 0 Å². The van der Waals surface area contributed by atoms with Crippen molar-refractivity contribution in [1.29, 1.82) is 0 Å². The number of fused-ring (bicyclic) bond motifs is 2. The first-order valence-electron chi connectivity index (χ1n) is 4.82. The molecule has 1 aromatic rings. The second kappa shape index (κ2) is 3.13. The maximum absolute atomic E-state index is 12.7. The van der Waals surface area contributed by atoms with Crippen LogP contribution in [-0.2, 0) is 0 Å². The summed E-state index contributed by atoms with van der Waals surface area (Å²) in [4.78, 5) is 2.08. The normalized spacial score (nSPS) is 30.7. The average Bonchev–Trinajstić information content (AvgIpc) is 2.73. The van der Waals surface area contributed by atoms with Crippen molar-refractivity contribution in [3.63, 3.8) is 0 Å². The number of halogens is 1.